The van der Waals surface area contributed by atoms with E-state index in [1.807, 2.05) is 24.3 Å². The normalized spacial score (nSPS) is 13.4. The molecule has 0 amide bonds. The van der Waals surface area contributed by atoms with E-state index in [0.29, 0.717) is 5.69 Å². The van der Waals surface area contributed by atoms with E-state index in [4.69, 9.17) is 11.6 Å². The van der Waals surface area contributed by atoms with Gasteiger partial charge in [0.15, 0.2) is 0 Å². The summed E-state index contributed by atoms with van der Waals surface area (Å²) in [6.45, 7) is 3.67. The van der Waals surface area contributed by atoms with Crippen molar-refractivity contribution in [3.05, 3.63) is 29.8 Å². The van der Waals surface area contributed by atoms with Crippen LogP contribution in [0, 0.1) is 0 Å². The Morgan fingerprint density at radius 3 is 2.24 bits per heavy atom. The molecular formula is C12H18ClNO2S. The van der Waals surface area contributed by atoms with Gasteiger partial charge in [-0.2, -0.15) is 0 Å². The van der Waals surface area contributed by atoms with E-state index >= 15 is 0 Å². The highest BCUT2D eigenvalue weighted by molar-refractivity contribution is 7.93. The Labute approximate surface area is 108 Å². The molecule has 0 aliphatic heterocycles. The minimum atomic E-state index is -3.36. The van der Waals surface area contributed by atoms with Crippen LogP contribution in [0.15, 0.2) is 24.3 Å². The van der Waals surface area contributed by atoms with Gasteiger partial charge in [0.05, 0.1) is 10.9 Å². The fraction of sp³-hybridized carbons (Fsp3) is 0.500. The molecule has 17 heavy (non-hydrogen) atoms. The third-order valence-electron chi connectivity index (χ3n) is 2.82. The molecule has 96 valence electrons. The fourth-order valence-corrected chi connectivity index (χ4v) is 3.03. The summed E-state index contributed by atoms with van der Waals surface area (Å²) in [4.78, 5) is 0. The van der Waals surface area contributed by atoms with Crippen molar-refractivity contribution < 1.29 is 8.42 Å². The summed E-state index contributed by atoms with van der Waals surface area (Å²) < 4.78 is 25.4. The number of sulfonamides is 1. The molecule has 0 saturated heterocycles. The Hall–Kier alpha value is -0.740. The van der Waals surface area contributed by atoms with E-state index in [1.54, 1.807) is 14.0 Å². The number of rotatable bonds is 5. The van der Waals surface area contributed by atoms with Gasteiger partial charge in [-0.15, -0.1) is 11.6 Å². The zero-order valence-corrected chi connectivity index (χ0v) is 11.9. The predicted molar refractivity (Wildman–Crippen MR) is 73.3 cm³/mol. The number of alkyl halides is 1. The second-order valence-corrected chi connectivity index (χ2v) is 6.69. The minimum absolute atomic E-state index is 0.0969. The first-order chi connectivity index (χ1) is 7.93. The summed E-state index contributed by atoms with van der Waals surface area (Å²) in [6.07, 6.45) is 0.939. The molecule has 0 heterocycles. The van der Waals surface area contributed by atoms with Crippen LogP contribution in [0.1, 0.15) is 19.4 Å². The molecule has 1 atom stereocenters. The number of aryl methyl sites for hydroxylation is 1. The summed E-state index contributed by atoms with van der Waals surface area (Å²) in [5, 5.41) is -0.583. The second-order valence-electron chi connectivity index (χ2n) is 4.00. The molecule has 1 unspecified atom stereocenters. The monoisotopic (exact) mass is 275 g/mol. The van der Waals surface area contributed by atoms with Gasteiger partial charge in [0.2, 0.25) is 10.0 Å². The van der Waals surface area contributed by atoms with Crippen LogP contribution in [0.25, 0.3) is 0 Å². The van der Waals surface area contributed by atoms with Crippen LogP contribution in [0.3, 0.4) is 0 Å². The van der Waals surface area contributed by atoms with Crippen LogP contribution < -0.4 is 4.31 Å². The first-order valence-electron chi connectivity index (χ1n) is 5.56. The van der Waals surface area contributed by atoms with Crippen molar-refractivity contribution in [3.63, 3.8) is 0 Å². The van der Waals surface area contributed by atoms with Gasteiger partial charge in [0.25, 0.3) is 0 Å². The molecule has 5 heteroatoms. The Morgan fingerprint density at radius 1 is 1.29 bits per heavy atom. The maximum Gasteiger partial charge on any atom is 0.238 e. The number of hydrogen-bond donors (Lipinski definition) is 0. The lowest BCUT2D eigenvalue weighted by atomic mass is 10.1. The number of hydrogen-bond acceptors (Lipinski definition) is 2. The SMILES string of the molecule is CCc1ccc(N(C)S(=O)(=O)C(C)CCl)cc1. The average molecular weight is 276 g/mol. The molecule has 0 saturated carbocycles. The van der Waals surface area contributed by atoms with Crippen LogP contribution in [0.4, 0.5) is 5.69 Å². The van der Waals surface area contributed by atoms with Gasteiger partial charge in [0, 0.05) is 12.9 Å². The fourth-order valence-electron chi connectivity index (χ4n) is 1.44. The zero-order chi connectivity index (χ0) is 13.1. The van der Waals surface area contributed by atoms with E-state index in [0.717, 1.165) is 6.42 Å². The van der Waals surface area contributed by atoms with Gasteiger partial charge in [-0.25, -0.2) is 8.42 Å². The highest BCUT2D eigenvalue weighted by Crippen LogP contribution is 2.20. The van der Waals surface area contributed by atoms with E-state index in [2.05, 4.69) is 6.92 Å². The number of halogens is 1. The summed E-state index contributed by atoms with van der Waals surface area (Å²) in [5.41, 5.74) is 1.85. The van der Waals surface area contributed by atoms with Crippen molar-refractivity contribution in [3.8, 4) is 0 Å². The highest BCUT2D eigenvalue weighted by atomic mass is 35.5. The summed E-state index contributed by atoms with van der Waals surface area (Å²) in [7, 11) is -1.81. The molecule has 0 N–H and O–H groups in total. The van der Waals surface area contributed by atoms with Crippen molar-refractivity contribution in [2.24, 2.45) is 0 Å². The van der Waals surface area contributed by atoms with Crippen molar-refractivity contribution >= 4 is 27.3 Å². The molecule has 1 aromatic carbocycles. The van der Waals surface area contributed by atoms with E-state index in [-0.39, 0.29) is 5.88 Å². The summed E-state index contributed by atoms with van der Waals surface area (Å²) in [6, 6.07) is 7.51. The van der Waals surface area contributed by atoms with Crippen LogP contribution in [0.5, 0.6) is 0 Å². The average Bonchev–Trinajstić information content (AvgIpc) is 2.36. The maximum absolute atomic E-state index is 12.1. The largest absolute Gasteiger partial charge is 0.273 e. The number of anilines is 1. The van der Waals surface area contributed by atoms with E-state index in [1.165, 1.54) is 9.87 Å². The van der Waals surface area contributed by atoms with Gasteiger partial charge < -0.3 is 0 Å². The second kappa shape index (κ2) is 5.74. The molecule has 0 spiro atoms. The van der Waals surface area contributed by atoms with E-state index in [9.17, 15) is 8.42 Å². The third-order valence-corrected chi connectivity index (χ3v) is 5.62. The lowest BCUT2D eigenvalue weighted by Gasteiger charge is -2.22. The van der Waals surface area contributed by atoms with Gasteiger partial charge >= 0.3 is 0 Å². The smallest absolute Gasteiger partial charge is 0.238 e. The molecule has 0 radical (unpaired) electrons. The maximum atomic E-state index is 12.1. The zero-order valence-electron chi connectivity index (χ0n) is 10.4. The van der Waals surface area contributed by atoms with Crippen LogP contribution in [-0.4, -0.2) is 26.6 Å². The van der Waals surface area contributed by atoms with Gasteiger partial charge in [0.1, 0.15) is 0 Å². The molecule has 0 aliphatic rings. The first-order valence-corrected chi connectivity index (χ1v) is 7.60. The quantitative estimate of drug-likeness (QED) is 0.775. The van der Waals surface area contributed by atoms with Crippen LogP contribution in [0.2, 0.25) is 0 Å². The lowest BCUT2D eigenvalue weighted by Crippen LogP contribution is -2.35. The predicted octanol–water partition coefficient (Wildman–Crippen LogP) is 2.64. The van der Waals surface area contributed by atoms with Crippen molar-refractivity contribution in [1.29, 1.82) is 0 Å². The number of benzene rings is 1. The molecule has 3 nitrogen and oxygen atoms in total. The van der Waals surface area contributed by atoms with Gasteiger partial charge in [-0.3, -0.25) is 4.31 Å². The third kappa shape index (κ3) is 3.13. The molecular weight excluding hydrogens is 258 g/mol. The molecule has 0 aliphatic carbocycles. The molecule has 1 aromatic rings. The Morgan fingerprint density at radius 2 is 1.82 bits per heavy atom. The van der Waals surface area contributed by atoms with E-state index < -0.39 is 15.3 Å². The molecule has 0 fully saturated rings. The van der Waals surface area contributed by atoms with Gasteiger partial charge in [-0.05, 0) is 31.0 Å². The topological polar surface area (TPSA) is 37.4 Å². The standard InChI is InChI=1S/C12H18ClNO2S/c1-4-11-5-7-12(8-6-11)14(3)17(15,16)10(2)9-13/h5-8,10H,4,9H2,1-3H3. The Kier molecular flexibility index (Phi) is 4.83. The van der Waals surface area contributed by atoms with Crippen molar-refractivity contribution in [1.82, 2.24) is 0 Å². The van der Waals surface area contributed by atoms with Crippen LogP contribution >= 0.6 is 11.6 Å². The Balaban J connectivity index is 2.99. The Bertz CT molecular complexity index is 456. The van der Waals surface area contributed by atoms with Crippen molar-refractivity contribution in [2.45, 2.75) is 25.5 Å². The summed E-state index contributed by atoms with van der Waals surface area (Å²) in [5.74, 6) is 0.0969. The molecule has 1 rings (SSSR count). The summed E-state index contributed by atoms with van der Waals surface area (Å²) >= 11 is 5.61. The first kappa shape index (κ1) is 14.3. The molecule has 0 bridgehead atoms. The lowest BCUT2D eigenvalue weighted by molar-refractivity contribution is 0.586. The highest BCUT2D eigenvalue weighted by Gasteiger charge is 2.25. The molecule has 0 aromatic heterocycles. The minimum Gasteiger partial charge on any atom is -0.273 e. The van der Waals surface area contributed by atoms with Gasteiger partial charge in [-0.1, -0.05) is 19.1 Å². The van der Waals surface area contributed by atoms with Crippen LogP contribution in [-0.2, 0) is 16.4 Å². The number of nitrogens with zero attached hydrogens (tertiary/aromatic N) is 1. The van der Waals surface area contributed by atoms with Crippen molar-refractivity contribution in [2.75, 3.05) is 17.2 Å².